The van der Waals surface area contributed by atoms with Gasteiger partial charge in [-0.1, -0.05) is 0 Å². The van der Waals surface area contributed by atoms with Gasteiger partial charge in [0.25, 0.3) is 5.91 Å². The fraction of sp³-hybridized carbons (Fsp3) is 0.367. The lowest BCUT2D eigenvalue weighted by atomic mass is 9.90. The summed E-state index contributed by atoms with van der Waals surface area (Å²) >= 11 is 0. The van der Waals surface area contributed by atoms with Crippen molar-refractivity contribution in [1.82, 2.24) is 15.3 Å². The van der Waals surface area contributed by atoms with Crippen LogP contribution in [0.25, 0.3) is 22.4 Å². The van der Waals surface area contributed by atoms with Crippen LogP contribution in [0.1, 0.15) is 47.3 Å². The number of aromatic nitrogens is 2. The first-order chi connectivity index (χ1) is 20.5. The number of fused-ring (bicyclic) bond motifs is 1. The van der Waals surface area contributed by atoms with Crippen molar-refractivity contribution in [2.24, 2.45) is 11.7 Å². The average molecular weight is 601 g/mol. The Labute approximate surface area is 243 Å². The maximum absolute atomic E-state index is 13.7. The van der Waals surface area contributed by atoms with E-state index in [1.807, 2.05) is 0 Å². The van der Waals surface area contributed by atoms with Crippen LogP contribution in [-0.4, -0.2) is 46.4 Å². The first-order valence-electron chi connectivity index (χ1n) is 13.8. The van der Waals surface area contributed by atoms with E-state index in [-0.39, 0.29) is 58.9 Å². The van der Waals surface area contributed by atoms with E-state index in [9.17, 15) is 27.5 Å². The highest BCUT2D eigenvalue weighted by Gasteiger charge is 2.47. The van der Waals surface area contributed by atoms with Crippen LogP contribution in [0.4, 0.5) is 17.6 Å². The van der Waals surface area contributed by atoms with Gasteiger partial charge < -0.3 is 30.0 Å². The number of benzene rings is 2. The molecule has 2 fully saturated rings. The number of carbonyl (C=O) groups is 1. The topological polar surface area (TPSA) is 133 Å². The molecule has 2 aromatic carbocycles. The predicted molar refractivity (Wildman–Crippen MR) is 146 cm³/mol. The molecule has 2 saturated carbocycles. The molecule has 2 aliphatic carbocycles. The summed E-state index contributed by atoms with van der Waals surface area (Å²) in [5.74, 6) is -1.16. The second-order valence-electron chi connectivity index (χ2n) is 10.8. The van der Waals surface area contributed by atoms with Crippen molar-refractivity contribution in [2.75, 3.05) is 13.2 Å². The standard InChI is InChI=1S/C30H28F4N4O5/c31-20-5-1-16(2-6-20)25-27(41-14-30(32,33)34)18(12-35)11-24(38-25)29(40,19-3-4-19)13-36-28(39)17-9-22-26(37-15-42-22)23(10-17)43-21-7-8-21/h1-2,5-6,9-11,15,19,21,40H,3-4,7-8,12-14,35H2,(H,36,39)/t29-/m1/s1. The van der Waals surface area contributed by atoms with Crippen LogP contribution in [-0.2, 0) is 12.1 Å². The van der Waals surface area contributed by atoms with Gasteiger partial charge in [-0.2, -0.15) is 13.2 Å². The number of nitrogens with one attached hydrogen (secondary N) is 1. The fourth-order valence-corrected chi connectivity index (χ4v) is 4.92. The van der Waals surface area contributed by atoms with E-state index >= 15 is 0 Å². The first kappa shape index (κ1) is 28.9. The van der Waals surface area contributed by atoms with Gasteiger partial charge >= 0.3 is 6.18 Å². The molecule has 43 heavy (non-hydrogen) atoms. The summed E-state index contributed by atoms with van der Waals surface area (Å²) in [6.45, 7) is -2.09. The van der Waals surface area contributed by atoms with Crippen LogP contribution in [0.3, 0.4) is 0 Å². The highest BCUT2D eigenvalue weighted by atomic mass is 19.4. The van der Waals surface area contributed by atoms with Gasteiger partial charge in [0.2, 0.25) is 0 Å². The molecule has 0 bridgehead atoms. The van der Waals surface area contributed by atoms with Gasteiger partial charge in [-0.3, -0.25) is 4.79 Å². The quantitative estimate of drug-likeness (QED) is 0.205. The van der Waals surface area contributed by atoms with Crippen LogP contribution in [0.5, 0.6) is 11.5 Å². The molecule has 9 nitrogen and oxygen atoms in total. The Kier molecular flexibility index (Phi) is 7.46. The van der Waals surface area contributed by atoms with Gasteiger partial charge in [-0.05, 0) is 74.1 Å². The van der Waals surface area contributed by atoms with Crippen molar-refractivity contribution in [3.63, 3.8) is 0 Å². The maximum Gasteiger partial charge on any atom is 0.422 e. The van der Waals surface area contributed by atoms with Gasteiger partial charge in [0.05, 0.1) is 18.3 Å². The highest BCUT2D eigenvalue weighted by molar-refractivity contribution is 5.98. The van der Waals surface area contributed by atoms with Gasteiger partial charge in [0, 0.05) is 23.2 Å². The Morgan fingerprint density at radius 2 is 1.86 bits per heavy atom. The molecule has 6 rings (SSSR count). The lowest BCUT2D eigenvalue weighted by molar-refractivity contribution is -0.153. The number of nitrogens with two attached hydrogens (primary N) is 1. The second kappa shape index (κ2) is 11.1. The summed E-state index contributed by atoms with van der Waals surface area (Å²) in [5, 5.41) is 14.7. The zero-order valence-electron chi connectivity index (χ0n) is 22.8. The Balaban J connectivity index is 1.33. The summed E-state index contributed by atoms with van der Waals surface area (Å²) in [5.41, 5.74) is 5.82. The van der Waals surface area contributed by atoms with Crippen LogP contribution < -0.4 is 20.5 Å². The van der Waals surface area contributed by atoms with Gasteiger partial charge in [0.1, 0.15) is 22.9 Å². The number of hydrogen-bond donors (Lipinski definition) is 3. The summed E-state index contributed by atoms with van der Waals surface area (Å²) in [6.07, 6.45) is -0.244. The van der Waals surface area contributed by atoms with E-state index in [4.69, 9.17) is 19.6 Å². The maximum atomic E-state index is 13.7. The van der Waals surface area contributed by atoms with Crippen LogP contribution in [0, 0.1) is 11.7 Å². The molecule has 2 aromatic heterocycles. The third-order valence-electron chi connectivity index (χ3n) is 7.46. The molecule has 226 valence electrons. The van der Waals surface area contributed by atoms with Gasteiger partial charge in [0.15, 0.2) is 29.8 Å². The molecule has 0 spiro atoms. The van der Waals surface area contributed by atoms with Crippen molar-refractivity contribution >= 4 is 17.0 Å². The third-order valence-corrected chi connectivity index (χ3v) is 7.46. The summed E-state index contributed by atoms with van der Waals surface area (Å²) in [6, 6.07) is 9.46. The molecule has 1 atom stereocenters. The van der Waals surface area contributed by atoms with E-state index in [0.717, 1.165) is 25.0 Å². The molecule has 4 aromatic rings. The molecule has 13 heteroatoms. The number of hydrogen-bond acceptors (Lipinski definition) is 8. The fourth-order valence-electron chi connectivity index (χ4n) is 4.92. The zero-order chi connectivity index (χ0) is 30.4. The number of rotatable bonds is 11. The van der Waals surface area contributed by atoms with E-state index in [1.54, 1.807) is 6.07 Å². The summed E-state index contributed by atoms with van der Waals surface area (Å²) in [4.78, 5) is 22.0. The Morgan fingerprint density at radius 3 is 2.51 bits per heavy atom. The largest absolute Gasteiger partial charge is 0.488 e. The number of halogens is 4. The number of aliphatic hydroxyl groups is 1. The molecule has 0 radical (unpaired) electrons. The van der Waals surface area contributed by atoms with Crippen LogP contribution >= 0.6 is 0 Å². The minimum atomic E-state index is -4.64. The molecule has 0 saturated heterocycles. The predicted octanol–water partition coefficient (Wildman–Crippen LogP) is 5.00. The van der Waals surface area contributed by atoms with Crippen LogP contribution in [0.2, 0.25) is 0 Å². The number of nitrogens with zero attached hydrogens (tertiary/aromatic N) is 2. The van der Waals surface area contributed by atoms with E-state index < -0.39 is 30.1 Å². The molecular formula is C30H28F4N4O5. The molecule has 2 heterocycles. The van der Waals surface area contributed by atoms with Crippen molar-refractivity contribution in [2.45, 2.75) is 50.1 Å². The number of ether oxygens (including phenoxy) is 2. The van der Waals surface area contributed by atoms with Crippen molar-refractivity contribution in [3.8, 4) is 22.8 Å². The van der Waals surface area contributed by atoms with Gasteiger partial charge in [-0.15, -0.1) is 0 Å². The van der Waals surface area contributed by atoms with Crippen molar-refractivity contribution in [3.05, 3.63) is 71.5 Å². The molecule has 0 aliphatic heterocycles. The second-order valence-corrected chi connectivity index (χ2v) is 10.8. The Hall–Kier alpha value is -4.23. The summed E-state index contributed by atoms with van der Waals surface area (Å²) in [7, 11) is 0. The number of carbonyl (C=O) groups excluding carboxylic acids is 1. The van der Waals surface area contributed by atoms with Crippen LogP contribution in [0.15, 0.2) is 53.3 Å². The molecule has 2 aliphatic rings. The monoisotopic (exact) mass is 600 g/mol. The normalized spacial score (nSPS) is 16.6. The highest BCUT2D eigenvalue weighted by Crippen LogP contribution is 2.47. The van der Waals surface area contributed by atoms with E-state index in [2.05, 4.69) is 15.3 Å². The molecular weight excluding hydrogens is 572 g/mol. The number of amides is 1. The number of oxazole rings is 1. The Bertz CT molecular complexity index is 1650. The lowest BCUT2D eigenvalue weighted by Gasteiger charge is -2.30. The number of alkyl halides is 3. The average Bonchev–Trinajstić information content (AvgIpc) is 3.93. The smallest absolute Gasteiger partial charge is 0.422 e. The van der Waals surface area contributed by atoms with E-state index in [0.29, 0.717) is 29.7 Å². The third kappa shape index (κ3) is 6.27. The summed E-state index contributed by atoms with van der Waals surface area (Å²) < 4.78 is 69.4. The van der Waals surface area contributed by atoms with Crippen molar-refractivity contribution < 1.29 is 41.4 Å². The molecule has 4 N–H and O–H groups in total. The SMILES string of the molecule is NCc1cc([C@@](O)(CNC(=O)c2cc(OC3CC3)c3ncoc3c2)C2CC2)nc(-c2ccc(F)cc2)c1OCC(F)(F)F. The van der Waals surface area contributed by atoms with Crippen molar-refractivity contribution in [1.29, 1.82) is 0 Å². The lowest BCUT2D eigenvalue weighted by Crippen LogP contribution is -2.43. The minimum absolute atomic E-state index is 0.0368. The van der Waals surface area contributed by atoms with Gasteiger partial charge in [-0.25, -0.2) is 14.4 Å². The number of pyridine rings is 1. The first-order valence-corrected chi connectivity index (χ1v) is 13.8. The zero-order valence-corrected chi connectivity index (χ0v) is 22.8. The van der Waals surface area contributed by atoms with E-state index in [1.165, 1.54) is 30.7 Å². The molecule has 0 unspecified atom stereocenters. The Morgan fingerprint density at radius 1 is 1.12 bits per heavy atom. The molecule has 1 amide bonds. The minimum Gasteiger partial charge on any atom is -0.488 e.